The normalized spacial score (nSPS) is 19.8. The van der Waals surface area contributed by atoms with Crippen LogP contribution in [0.5, 0.6) is 0 Å². The number of rotatable bonds is 8. The smallest absolute Gasteiger partial charge is 0.191 e. The van der Waals surface area contributed by atoms with Crippen molar-refractivity contribution in [1.29, 1.82) is 0 Å². The van der Waals surface area contributed by atoms with E-state index in [0.29, 0.717) is 12.0 Å². The average molecular weight is 464 g/mol. The summed E-state index contributed by atoms with van der Waals surface area (Å²) in [6, 6.07) is 17.0. The van der Waals surface area contributed by atoms with E-state index in [9.17, 15) is 0 Å². The van der Waals surface area contributed by atoms with Crippen LogP contribution in [0.4, 0.5) is 0 Å². The van der Waals surface area contributed by atoms with Gasteiger partial charge in [0.05, 0.1) is 18.3 Å². The molecule has 5 rings (SSSR count). The molecule has 4 heterocycles. The van der Waals surface area contributed by atoms with Gasteiger partial charge in [0.25, 0.3) is 0 Å². The third-order valence-corrected chi connectivity index (χ3v) is 7.73. The van der Waals surface area contributed by atoms with Gasteiger partial charge in [-0.25, -0.2) is 0 Å². The Kier molecular flexibility index (Phi) is 7.39. The van der Waals surface area contributed by atoms with Gasteiger partial charge in [-0.15, -0.1) is 10.2 Å². The Hall–Kier alpha value is -2.22. The molecule has 0 saturated carbocycles. The van der Waals surface area contributed by atoms with E-state index in [1.165, 1.54) is 12.0 Å². The maximum atomic E-state index is 5.84. The fraction of sp³-hybridized carbons (Fsp3) is 0.500. The number of piperidine rings is 1. The van der Waals surface area contributed by atoms with E-state index in [2.05, 4.69) is 75.0 Å². The van der Waals surface area contributed by atoms with Crippen molar-refractivity contribution in [3.63, 3.8) is 0 Å². The van der Waals surface area contributed by atoms with Gasteiger partial charge in [0.15, 0.2) is 5.16 Å². The van der Waals surface area contributed by atoms with Crippen LogP contribution in [0, 0.1) is 6.92 Å². The van der Waals surface area contributed by atoms with E-state index < -0.39 is 0 Å². The zero-order chi connectivity index (χ0) is 22.5. The first-order valence-electron chi connectivity index (χ1n) is 12.1. The number of aromatic nitrogens is 4. The SMILES string of the molecule is Cc1cccc(CN2CCC(c3nnc(SC[C@@H]4CCCO4)n3Cc3ccccc3)CC2)n1. The lowest BCUT2D eigenvalue weighted by Crippen LogP contribution is -2.33. The summed E-state index contributed by atoms with van der Waals surface area (Å²) in [5.41, 5.74) is 3.54. The van der Waals surface area contributed by atoms with Crippen LogP contribution in [-0.4, -0.2) is 56.2 Å². The number of hydrogen-bond acceptors (Lipinski definition) is 6. The van der Waals surface area contributed by atoms with Crippen molar-refractivity contribution >= 4 is 11.8 Å². The molecule has 1 atom stereocenters. The minimum Gasteiger partial charge on any atom is -0.377 e. The summed E-state index contributed by atoms with van der Waals surface area (Å²) in [6.45, 7) is 6.83. The summed E-state index contributed by atoms with van der Waals surface area (Å²) < 4.78 is 8.19. The van der Waals surface area contributed by atoms with Crippen molar-refractivity contribution in [2.75, 3.05) is 25.4 Å². The van der Waals surface area contributed by atoms with Crippen molar-refractivity contribution in [3.05, 3.63) is 71.3 Å². The molecule has 3 aromatic rings. The molecule has 0 amide bonds. The molecule has 2 aliphatic rings. The molecule has 1 aromatic carbocycles. The second-order valence-electron chi connectivity index (χ2n) is 9.18. The van der Waals surface area contributed by atoms with Crippen LogP contribution in [0.2, 0.25) is 0 Å². The number of pyridine rings is 1. The Labute approximate surface area is 200 Å². The summed E-state index contributed by atoms with van der Waals surface area (Å²) in [6.07, 6.45) is 4.88. The largest absolute Gasteiger partial charge is 0.377 e. The molecule has 33 heavy (non-hydrogen) atoms. The highest BCUT2D eigenvalue weighted by molar-refractivity contribution is 7.99. The fourth-order valence-corrected chi connectivity index (χ4v) is 5.84. The van der Waals surface area contributed by atoms with Gasteiger partial charge >= 0.3 is 0 Å². The van der Waals surface area contributed by atoms with Gasteiger partial charge in [0.1, 0.15) is 5.82 Å². The van der Waals surface area contributed by atoms with Crippen molar-refractivity contribution in [3.8, 4) is 0 Å². The Bertz CT molecular complexity index is 1030. The van der Waals surface area contributed by atoms with Crippen molar-refractivity contribution in [2.45, 2.75) is 62.9 Å². The van der Waals surface area contributed by atoms with Gasteiger partial charge in [0, 0.05) is 30.5 Å². The van der Waals surface area contributed by atoms with Gasteiger partial charge in [-0.3, -0.25) is 9.88 Å². The third-order valence-electron chi connectivity index (χ3n) is 6.64. The number of benzene rings is 1. The first kappa shape index (κ1) is 22.6. The van der Waals surface area contributed by atoms with Crippen LogP contribution in [0.25, 0.3) is 0 Å². The van der Waals surface area contributed by atoms with Crippen LogP contribution < -0.4 is 0 Å². The monoisotopic (exact) mass is 463 g/mol. The number of thioether (sulfide) groups is 1. The molecule has 0 bridgehead atoms. The van der Waals surface area contributed by atoms with Gasteiger partial charge < -0.3 is 9.30 Å². The number of nitrogens with zero attached hydrogens (tertiary/aromatic N) is 5. The lowest BCUT2D eigenvalue weighted by atomic mass is 9.95. The zero-order valence-corrected chi connectivity index (χ0v) is 20.2. The van der Waals surface area contributed by atoms with Gasteiger partial charge in [-0.2, -0.15) is 0 Å². The van der Waals surface area contributed by atoms with E-state index in [4.69, 9.17) is 9.84 Å². The van der Waals surface area contributed by atoms with E-state index in [0.717, 1.165) is 80.2 Å². The maximum Gasteiger partial charge on any atom is 0.191 e. The van der Waals surface area contributed by atoms with Crippen molar-refractivity contribution in [1.82, 2.24) is 24.6 Å². The number of likely N-dealkylation sites (tertiary alicyclic amines) is 1. The van der Waals surface area contributed by atoms with Gasteiger partial charge in [-0.05, 0) is 63.4 Å². The molecule has 0 radical (unpaired) electrons. The minimum absolute atomic E-state index is 0.346. The Morgan fingerprint density at radius 1 is 0.970 bits per heavy atom. The predicted octanol–water partition coefficient (Wildman–Crippen LogP) is 4.68. The lowest BCUT2D eigenvalue weighted by Gasteiger charge is -2.31. The highest BCUT2D eigenvalue weighted by Crippen LogP contribution is 2.31. The summed E-state index contributed by atoms with van der Waals surface area (Å²) in [5, 5.41) is 10.4. The minimum atomic E-state index is 0.346. The van der Waals surface area contributed by atoms with E-state index in [1.54, 1.807) is 11.8 Å². The van der Waals surface area contributed by atoms with Gasteiger partial charge in [-0.1, -0.05) is 48.2 Å². The highest BCUT2D eigenvalue weighted by atomic mass is 32.2. The molecule has 2 fully saturated rings. The Morgan fingerprint density at radius 2 is 1.82 bits per heavy atom. The number of ether oxygens (including phenoxy) is 1. The molecule has 2 aliphatic heterocycles. The summed E-state index contributed by atoms with van der Waals surface area (Å²) in [4.78, 5) is 7.20. The predicted molar refractivity (Wildman–Crippen MR) is 131 cm³/mol. The molecule has 2 saturated heterocycles. The van der Waals surface area contributed by atoms with Crippen LogP contribution in [0.15, 0.2) is 53.7 Å². The first-order valence-corrected chi connectivity index (χ1v) is 13.1. The van der Waals surface area contributed by atoms with Crippen LogP contribution in [-0.2, 0) is 17.8 Å². The molecule has 7 heteroatoms. The topological polar surface area (TPSA) is 56.1 Å². The summed E-state index contributed by atoms with van der Waals surface area (Å²) >= 11 is 1.80. The Balaban J connectivity index is 1.27. The molecular formula is C26H33N5OS. The molecule has 0 aliphatic carbocycles. The molecule has 6 nitrogen and oxygen atoms in total. The van der Waals surface area contributed by atoms with Crippen molar-refractivity contribution in [2.24, 2.45) is 0 Å². The van der Waals surface area contributed by atoms with E-state index >= 15 is 0 Å². The van der Waals surface area contributed by atoms with E-state index in [-0.39, 0.29) is 0 Å². The second-order valence-corrected chi connectivity index (χ2v) is 10.2. The lowest BCUT2D eigenvalue weighted by molar-refractivity contribution is 0.129. The van der Waals surface area contributed by atoms with Crippen LogP contribution >= 0.6 is 11.8 Å². The maximum absolute atomic E-state index is 5.84. The summed E-state index contributed by atoms with van der Waals surface area (Å²) in [5.74, 6) is 2.54. The molecular weight excluding hydrogens is 430 g/mol. The summed E-state index contributed by atoms with van der Waals surface area (Å²) in [7, 11) is 0. The molecule has 174 valence electrons. The highest BCUT2D eigenvalue weighted by Gasteiger charge is 2.27. The van der Waals surface area contributed by atoms with E-state index in [1.807, 2.05) is 0 Å². The third kappa shape index (κ3) is 5.83. The molecule has 0 unspecified atom stereocenters. The molecule has 2 aromatic heterocycles. The zero-order valence-electron chi connectivity index (χ0n) is 19.4. The average Bonchev–Trinajstić information content (AvgIpc) is 3.49. The van der Waals surface area contributed by atoms with Gasteiger partial charge in [0.2, 0.25) is 0 Å². The standard InChI is InChI=1S/C26H33N5OS/c1-20-7-5-10-23(27-20)18-30-14-12-22(13-15-30)25-28-29-26(33-19-24-11-6-16-32-24)31(25)17-21-8-3-2-4-9-21/h2-5,7-10,22,24H,6,11-19H2,1H3/t24-/m0/s1. The fourth-order valence-electron chi connectivity index (χ4n) is 4.83. The first-order chi connectivity index (χ1) is 16.2. The number of hydrogen-bond donors (Lipinski definition) is 0. The number of aryl methyl sites for hydroxylation is 1. The molecule has 0 spiro atoms. The quantitative estimate of drug-likeness (QED) is 0.452. The second kappa shape index (κ2) is 10.8. The van der Waals surface area contributed by atoms with Crippen molar-refractivity contribution < 1.29 is 4.74 Å². The Morgan fingerprint density at radius 3 is 2.58 bits per heavy atom. The van der Waals surface area contributed by atoms with Crippen LogP contribution in [0.3, 0.4) is 0 Å². The molecule has 0 N–H and O–H groups in total. The van der Waals surface area contributed by atoms with Crippen LogP contribution in [0.1, 0.15) is 54.4 Å².